The van der Waals surface area contributed by atoms with Crippen molar-refractivity contribution in [1.29, 1.82) is 0 Å². The van der Waals surface area contributed by atoms with Crippen LogP contribution >= 0.6 is 0 Å². The maximum absolute atomic E-state index is 13.1. The van der Waals surface area contributed by atoms with E-state index in [9.17, 15) is 27.6 Å². The largest absolute Gasteiger partial charge is 0.497 e. The normalized spacial score (nSPS) is 13.5. The topological polar surface area (TPSA) is 122 Å². The van der Waals surface area contributed by atoms with E-state index in [0.717, 1.165) is 17.0 Å². The molecule has 0 bridgehead atoms. The summed E-state index contributed by atoms with van der Waals surface area (Å²) in [7, 11) is 1.35. The number of nitrogens with one attached hydrogen (secondary N) is 3. The number of hydrogen-bond donors (Lipinski definition) is 3. The fourth-order valence-corrected chi connectivity index (χ4v) is 4.42. The number of halogens is 3. The Balaban J connectivity index is 1.40. The maximum Gasteiger partial charge on any atom is 0.490 e. The number of aromatic amines is 1. The fourth-order valence-electron chi connectivity index (χ4n) is 4.42. The van der Waals surface area contributed by atoms with Crippen molar-refractivity contribution < 1.29 is 37.0 Å². The van der Waals surface area contributed by atoms with Gasteiger partial charge < -0.3 is 25.1 Å². The van der Waals surface area contributed by atoms with Gasteiger partial charge in [0.25, 0.3) is 11.8 Å². The Bertz CT molecular complexity index is 1630. The third-order valence-corrected chi connectivity index (χ3v) is 6.39. The second kappa shape index (κ2) is 11.2. The molecule has 2 aromatic carbocycles. The third kappa shape index (κ3) is 6.06. The Morgan fingerprint density at radius 2 is 1.83 bits per heavy atom. The first-order chi connectivity index (χ1) is 19.6. The van der Waals surface area contributed by atoms with E-state index in [-0.39, 0.29) is 22.9 Å². The summed E-state index contributed by atoms with van der Waals surface area (Å²) < 4.78 is 48.6. The predicted octanol–water partition coefficient (Wildman–Crippen LogP) is 4.82. The first kappa shape index (κ1) is 27.4. The lowest BCUT2D eigenvalue weighted by atomic mass is 10.1. The number of amides is 2. The molecule has 0 saturated heterocycles. The number of alkyl halides is 3. The van der Waals surface area contributed by atoms with Gasteiger partial charge in [0.2, 0.25) is 6.10 Å². The van der Waals surface area contributed by atoms with E-state index in [4.69, 9.17) is 4.74 Å². The highest BCUT2D eigenvalue weighted by Crippen LogP contribution is 2.30. The van der Waals surface area contributed by atoms with E-state index in [1.807, 2.05) is 0 Å². The number of methoxy groups -OCH3 is 1. The lowest BCUT2D eigenvalue weighted by Crippen LogP contribution is -2.32. The Morgan fingerprint density at radius 3 is 2.59 bits per heavy atom. The Labute approximate surface area is 231 Å². The minimum atomic E-state index is -5.30. The number of nitrogens with zero attached hydrogens (tertiary/aromatic N) is 1. The van der Waals surface area contributed by atoms with Gasteiger partial charge in [-0.25, -0.2) is 4.79 Å². The molecule has 2 amide bonds. The number of rotatable bonds is 7. The van der Waals surface area contributed by atoms with Crippen LogP contribution in [0.5, 0.6) is 5.75 Å². The van der Waals surface area contributed by atoms with Crippen LogP contribution in [0.3, 0.4) is 0 Å². The van der Waals surface area contributed by atoms with Crippen LogP contribution in [-0.2, 0) is 20.7 Å². The lowest BCUT2D eigenvalue weighted by Gasteiger charge is -2.19. The lowest BCUT2D eigenvalue weighted by molar-refractivity contribution is -0.205. The SMILES string of the molecule is COc1cccc(C(OC(=O)C(F)(F)F)C(=O)Nc2cccc(-c3cc(-c4cc5c([nH]4)CCNC5=O)ccn3)c2)c1. The van der Waals surface area contributed by atoms with Crippen LogP contribution in [0.2, 0.25) is 0 Å². The van der Waals surface area contributed by atoms with Gasteiger partial charge in [0, 0.05) is 52.9 Å². The molecule has 3 N–H and O–H groups in total. The second-order valence-electron chi connectivity index (χ2n) is 9.14. The number of ether oxygens (including phenoxy) is 2. The van der Waals surface area contributed by atoms with Crippen LogP contribution in [0.25, 0.3) is 22.5 Å². The number of anilines is 1. The van der Waals surface area contributed by atoms with E-state index < -0.39 is 24.2 Å². The first-order valence-corrected chi connectivity index (χ1v) is 12.4. The third-order valence-electron chi connectivity index (χ3n) is 6.39. The van der Waals surface area contributed by atoms with E-state index in [1.165, 1.54) is 37.4 Å². The number of aromatic nitrogens is 2. The number of benzene rings is 2. The first-order valence-electron chi connectivity index (χ1n) is 12.4. The van der Waals surface area contributed by atoms with Crippen LogP contribution in [0.15, 0.2) is 72.9 Å². The summed E-state index contributed by atoms with van der Waals surface area (Å²) in [5, 5.41) is 5.33. The molecule has 4 aromatic rings. The zero-order valence-electron chi connectivity index (χ0n) is 21.5. The number of pyridine rings is 1. The van der Waals surface area contributed by atoms with Crippen LogP contribution in [0.4, 0.5) is 18.9 Å². The van der Waals surface area contributed by atoms with Crippen LogP contribution in [-0.4, -0.2) is 47.6 Å². The van der Waals surface area contributed by atoms with Gasteiger partial charge in [0.05, 0.1) is 18.4 Å². The van der Waals surface area contributed by atoms with Gasteiger partial charge in [0.15, 0.2) is 0 Å². The highest BCUT2D eigenvalue weighted by Gasteiger charge is 2.43. The average Bonchev–Trinajstić information content (AvgIpc) is 3.41. The molecule has 3 heterocycles. The number of carbonyl (C=O) groups is 3. The molecule has 5 rings (SSSR count). The number of fused-ring (bicyclic) bond motifs is 1. The minimum Gasteiger partial charge on any atom is -0.497 e. The predicted molar refractivity (Wildman–Crippen MR) is 142 cm³/mol. The van der Waals surface area contributed by atoms with Crippen molar-refractivity contribution in [2.45, 2.75) is 18.7 Å². The standard InChI is InChI=1S/C29H23F3N4O5/c1-40-20-7-3-5-18(13-20)25(41-28(39)29(30,31)32)27(38)35-19-6-2-4-16(12-19)23-14-17(8-10-33-23)24-15-21-22(36-24)9-11-34-26(21)37/h2-8,10,12-15,25,36H,9,11H2,1H3,(H,34,37)(H,35,38). The van der Waals surface area contributed by atoms with Gasteiger partial charge in [0.1, 0.15) is 5.75 Å². The van der Waals surface area contributed by atoms with Crippen molar-refractivity contribution in [2.75, 3.05) is 19.0 Å². The van der Waals surface area contributed by atoms with Crippen LogP contribution < -0.4 is 15.4 Å². The Morgan fingerprint density at radius 1 is 1.02 bits per heavy atom. The molecule has 12 heteroatoms. The molecular formula is C29H23F3N4O5. The highest BCUT2D eigenvalue weighted by atomic mass is 19.4. The Hall–Kier alpha value is -5.13. The maximum atomic E-state index is 13.1. The zero-order valence-corrected chi connectivity index (χ0v) is 21.5. The minimum absolute atomic E-state index is 0.00713. The number of esters is 1. The van der Waals surface area contributed by atoms with Crippen LogP contribution in [0.1, 0.15) is 27.7 Å². The van der Waals surface area contributed by atoms with Gasteiger partial charge in [-0.15, -0.1) is 0 Å². The van der Waals surface area contributed by atoms with Gasteiger partial charge >= 0.3 is 12.1 Å². The monoisotopic (exact) mass is 564 g/mol. The number of hydrogen-bond acceptors (Lipinski definition) is 6. The summed E-state index contributed by atoms with van der Waals surface area (Å²) in [5.41, 5.74) is 4.34. The molecule has 0 spiro atoms. The molecule has 1 aliphatic rings. The van der Waals surface area contributed by atoms with E-state index in [1.54, 1.807) is 42.6 Å². The molecule has 210 valence electrons. The average molecular weight is 565 g/mol. The van der Waals surface area contributed by atoms with E-state index in [2.05, 4.69) is 25.3 Å². The van der Waals surface area contributed by atoms with Gasteiger partial charge in [-0.2, -0.15) is 13.2 Å². The molecule has 0 fully saturated rings. The van der Waals surface area contributed by atoms with E-state index in [0.29, 0.717) is 29.8 Å². The van der Waals surface area contributed by atoms with Crippen molar-refractivity contribution in [3.8, 4) is 28.3 Å². The van der Waals surface area contributed by atoms with Gasteiger partial charge in [-0.3, -0.25) is 14.6 Å². The molecular weight excluding hydrogens is 541 g/mol. The fraction of sp³-hybridized carbons (Fsp3) is 0.172. The summed E-state index contributed by atoms with van der Waals surface area (Å²) in [6.45, 7) is 0.556. The quantitative estimate of drug-likeness (QED) is 0.277. The molecule has 1 aliphatic heterocycles. The van der Waals surface area contributed by atoms with Crippen molar-refractivity contribution in [3.05, 3.63) is 89.7 Å². The Kier molecular flexibility index (Phi) is 7.47. The number of H-pyrrole nitrogens is 1. The molecule has 41 heavy (non-hydrogen) atoms. The summed E-state index contributed by atoms with van der Waals surface area (Å²) in [5.74, 6) is -3.37. The van der Waals surface area contributed by atoms with Gasteiger partial charge in [-0.05, 0) is 42.5 Å². The molecule has 1 unspecified atom stereocenters. The zero-order chi connectivity index (χ0) is 29.1. The summed E-state index contributed by atoms with van der Waals surface area (Å²) in [6.07, 6.45) is -4.91. The van der Waals surface area contributed by atoms with Crippen molar-refractivity contribution in [1.82, 2.24) is 15.3 Å². The van der Waals surface area contributed by atoms with E-state index >= 15 is 0 Å². The van der Waals surface area contributed by atoms with Crippen molar-refractivity contribution in [3.63, 3.8) is 0 Å². The van der Waals surface area contributed by atoms with Crippen molar-refractivity contribution in [2.24, 2.45) is 0 Å². The molecule has 0 aliphatic carbocycles. The summed E-state index contributed by atoms with van der Waals surface area (Å²) in [4.78, 5) is 44.6. The summed E-state index contributed by atoms with van der Waals surface area (Å²) in [6, 6.07) is 17.5. The molecule has 0 radical (unpaired) electrons. The highest BCUT2D eigenvalue weighted by molar-refractivity contribution is 5.98. The molecule has 1 atom stereocenters. The van der Waals surface area contributed by atoms with Crippen molar-refractivity contribution >= 4 is 23.5 Å². The molecule has 9 nitrogen and oxygen atoms in total. The smallest absolute Gasteiger partial charge is 0.490 e. The van der Waals surface area contributed by atoms with Gasteiger partial charge in [-0.1, -0.05) is 24.3 Å². The summed E-state index contributed by atoms with van der Waals surface area (Å²) >= 11 is 0. The number of carbonyl (C=O) groups excluding carboxylic acids is 3. The molecule has 0 saturated carbocycles. The second-order valence-corrected chi connectivity index (χ2v) is 9.14. The van der Waals surface area contributed by atoms with Crippen LogP contribution in [0, 0.1) is 0 Å². The molecule has 2 aromatic heterocycles.